The lowest BCUT2D eigenvalue weighted by Crippen LogP contribution is -1.62. The topological polar surface area (TPSA) is 0 Å². The minimum absolute atomic E-state index is 1.26. The van der Waals surface area contributed by atoms with Gasteiger partial charge in [0.1, 0.15) is 0 Å². The van der Waals surface area contributed by atoms with Crippen molar-refractivity contribution < 1.29 is 0 Å². The van der Waals surface area contributed by atoms with Crippen molar-refractivity contribution in [2.45, 2.75) is 4.90 Å². The summed E-state index contributed by atoms with van der Waals surface area (Å²) < 4.78 is 0. The maximum absolute atomic E-state index is 3.21. The van der Waals surface area contributed by atoms with Crippen LogP contribution < -0.4 is 0 Å². The van der Waals surface area contributed by atoms with Crippen molar-refractivity contribution in [3.05, 3.63) is 40.7 Å². The molecule has 0 atom stereocenters. The Balaban J connectivity index is 2.59. The molecular formula is C8H7BrS. The van der Waals surface area contributed by atoms with E-state index < -0.39 is 0 Å². The highest BCUT2D eigenvalue weighted by molar-refractivity contribution is 9.11. The lowest BCUT2D eigenvalue weighted by molar-refractivity contribution is 1.47. The van der Waals surface area contributed by atoms with E-state index in [1.165, 1.54) is 4.90 Å². The highest BCUT2D eigenvalue weighted by atomic mass is 79.9. The molecular weight excluding hydrogens is 208 g/mol. The molecule has 0 bridgehead atoms. The average molecular weight is 215 g/mol. The predicted molar refractivity (Wildman–Crippen MR) is 50.4 cm³/mol. The highest BCUT2D eigenvalue weighted by Crippen LogP contribution is 2.18. The second kappa shape index (κ2) is 4.58. The Labute approximate surface area is 73.5 Å². The van der Waals surface area contributed by atoms with E-state index in [1.54, 1.807) is 11.8 Å². The minimum atomic E-state index is 1.26. The van der Waals surface area contributed by atoms with Gasteiger partial charge in [0, 0.05) is 4.90 Å². The zero-order chi connectivity index (χ0) is 7.23. The predicted octanol–water partition coefficient (Wildman–Crippen LogP) is 3.64. The molecule has 1 aromatic carbocycles. The molecule has 0 aromatic heterocycles. The lowest BCUT2D eigenvalue weighted by Gasteiger charge is -1.91. The van der Waals surface area contributed by atoms with Gasteiger partial charge in [0.25, 0.3) is 0 Å². The van der Waals surface area contributed by atoms with Crippen molar-refractivity contribution in [1.82, 2.24) is 0 Å². The van der Waals surface area contributed by atoms with Gasteiger partial charge < -0.3 is 0 Å². The maximum atomic E-state index is 3.21. The molecule has 52 valence electrons. The molecule has 1 aromatic rings. The summed E-state index contributed by atoms with van der Waals surface area (Å²) in [6.07, 6.45) is 0. The van der Waals surface area contributed by atoms with Crippen molar-refractivity contribution in [2.24, 2.45) is 0 Å². The van der Waals surface area contributed by atoms with Crippen LogP contribution in [0.3, 0.4) is 0 Å². The lowest BCUT2D eigenvalue weighted by atomic mass is 10.4. The van der Waals surface area contributed by atoms with E-state index in [2.05, 4.69) is 28.1 Å². The zero-order valence-corrected chi connectivity index (χ0v) is 7.73. The molecule has 0 nitrogen and oxygen atoms in total. The van der Waals surface area contributed by atoms with E-state index in [0.29, 0.717) is 0 Å². The molecule has 0 radical (unpaired) electrons. The van der Waals surface area contributed by atoms with Gasteiger partial charge in [-0.1, -0.05) is 45.9 Å². The molecule has 0 spiro atoms. The normalized spacial score (nSPS) is 10.5. The monoisotopic (exact) mass is 214 g/mol. The fourth-order valence-corrected chi connectivity index (χ4v) is 1.45. The van der Waals surface area contributed by atoms with Crippen molar-refractivity contribution >= 4 is 27.7 Å². The van der Waals surface area contributed by atoms with Crippen LogP contribution in [0.1, 0.15) is 0 Å². The second-order valence-corrected chi connectivity index (χ2v) is 3.20. The number of halogens is 1. The fraction of sp³-hybridized carbons (Fsp3) is 0. The number of benzene rings is 1. The first-order valence-corrected chi connectivity index (χ1v) is 4.70. The van der Waals surface area contributed by atoms with E-state index in [1.807, 2.05) is 28.6 Å². The van der Waals surface area contributed by atoms with Crippen LogP contribution in [0.15, 0.2) is 45.6 Å². The molecule has 0 saturated heterocycles. The molecule has 0 fully saturated rings. The van der Waals surface area contributed by atoms with Crippen LogP contribution >= 0.6 is 27.7 Å². The molecule has 0 aliphatic rings. The van der Waals surface area contributed by atoms with E-state index in [4.69, 9.17) is 0 Å². The number of hydrogen-bond donors (Lipinski definition) is 0. The number of hydrogen-bond acceptors (Lipinski definition) is 1. The van der Waals surface area contributed by atoms with Crippen molar-refractivity contribution in [2.75, 3.05) is 0 Å². The largest absolute Gasteiger partial charge is 0.0975 e. The SMILES string of the molecule is Br/C=C/Sc1ccccc1. The Morgan fingerprint density at radius 1 is 1.20 bits per heavy atom. The number of thioether (sulfide) groups is 1. The summed E-state index contributed by atoms with van der Waals surface area (Å²) in [7, 11) is 0. The molecule has 0 saturated carbocycles. The van der Waals surface area contributed by atoms with Crippen LogP contribution in [0.2, 0.25) is 0 Å². The van der Waals surface area contributed by atoms with E-state index in [0.717, 1.165) is 0 Å². The molecule has 0 heterocycles. The van der Waals surface area contributed by atoms with Gasteiger partial charge in [-0.05, 0) is 22.5 Å². The van der Waals surface area contributed by atoms with Crippen LogP contribution in [0, 0.1) is 0 Å². The Kier molecular flexibility index (Phi) is 3.62. The molecule has 0 aliphatic heterocycles. The summed E-state index contributed by atoms with van der Waals surface area (Å²) in [5, 5.41) is 2.00. The van der Waals surface area contributed by atoms with Gasteiger partial charge in [-0.25, -0.2) is 0 Å². The Morgan fingerprint density at radius 3 is 2.50 bits per heavy atom. The quantitative estimate of drug-likeness (QED) is 0.678. The Hall–Kier alpha value is -0.210. The smallest absolute Gasteiger partial charge is 0.0116 e. The zero-order valence-electron chi connectivity index (χ0n) is 5.33. The highest BCUT2D eigenvalue weighted by Gasteiger charge is 1.83. The summed E-state index contributed by atoms with van der Waals surface area (Å²) in [4.78, 5) is 3.11. The molecule has 0 aliphatic carbocycles. The third-order valence-electron chi connectivity index (χ3n) is 0.999. The van der Waals surface area contributed by atoms with Crippen molar-refractivity contribution in [3.8, 4) is 0 Å². The first-order chi connectivity index (χ1) is 4.93. The summed E-state index contributed by atoms with van der Waals surface area (Å²) in [6, 6.07) is 10.2. The Bertz CT molecular complexity index is 206. The van der Waals surface area contributed by atoms with Crippen LogP contribution in [-0.2, 0) is 0 Å². The number of rotatable bonds is 2. The molecule has 1 rings (SSSR count). The van der Waals surface area contributed by atoms with E-state index >= 15 is 0 Å². The van der Waals surface area contributed by atoms with Gasteiger partial charge in [0.2, 0.25) is 0 Å². The summed E-state index contributed by atoms with van der Waals surface area (Å²) in [5.41, 5.74) is 0. The first kappa shape index (κ1) is 7.89. The first-order valence-electron chi connectivity index (χ1n) is 2.90. The summed E-state index contributed by atoms with van der Waals surface area (Å²) >= 11 is 4.90. The van der Waals surface area contributed by atoms with Gasteiger partial charge >= 0.3 is 0 Å². The van der Waals surface area contributed by atoms with Crippen LogP contribution in [0.25, 0.3) is 0 Å². The molecule has 0 N–H and O–H groups in total. The van der Waals surface area contributed by atoms with Gasteiger partial charge in [-0.2, -0.15) is 0 Å². The average Bonchev–Trinajstić information content (AvgIpc) is 2.03. The summed E-state index contributed by atoms with van der Waals surface area (Å²) in [6.45, 7) is 0. The minimum Gasteiger partial charge on any atom is -0.0975 e. The van der Waals surface area contributed by atoms with Crippen molar-refractivity contribution in [3.63, 3.8) is 0 Å². The molecule has 2 heteroatoms. The van der Waals surface area contributed by atoms with Gasteiger partial charge in [-0.15, -0.1) is 0 Å². The van der Waals surface area contributed by atoms with Crippen molar-refractivity contribution in [1.29, 1.82) is 0 Å². The Morgan fingerprint density at radius 2 is 1.90 bits per heavy atom. The molecule has 10 heavy (non-hydrogen) atoms. The van der Waals surface area contributed by atoms with Crippen LogP contribution in [0.4, 0.5) is 0 Å². The van der Waals surface area contributed by atoms with Crippen LogP contribution in [0.5, 0.6) is 0 Å². The molecule has 0 amide bonds. The molecule has 0 unspecified atom stereocenters. The van der Waals surface area contributed by atoms with E-state index in [-0.39, 0.29) is 0 Å². The third kappa shape index (κ3) is 2.58. The van der Waals surface area contributed by atoms with Gasteiger partial charge in [-0.3, -0.25) is 0 Å². The standard InChI is InChI=1S/C8H7BrS/c9-6-7-10-8-4-2-1-3-5-8/h1-7H/b7-6+. The fourth-order valence-electron chi connectivity index (χ4n) is 0.603. The third-order valence-corrected chi connectivity index (χ3v) is 2.43. The van der Waals surface area contributed by atoms with Crippen LogP contribution in [-0.4, -0.2) is 0 Å². The second-order valence-electron chi connectivity index (χ2n) is 1.69. The van der Waals surface area contributed by atoms with E-state index in [9.17, 15) is 0 Å². The van der Waals surface area contributed by atoms with Gasteiger partial charge in [0.15, 0.2) is 0 Å². The van der Waals surface area contributed by atoms with Gasteiger partial charge in [0.05, 0.1) is 0 Å². The summed E-state index contributed by atoms with van der Waals surface area (Å²) in [5.74, 6) is 0. The maximum Gasteiger partial charge on any atom is 0.0116 e.